The van der Waals surface area contributed by atoms with E-state index in [-0.39, 0.29) is 51.2 Å². The minimum atomic E-state index is -1.14. The molecule has 6 amide bonds. The van der Waals surface area contributed by atoms with E-state index in [4.69, 9.17) is 25.4 Å². The quantitative estimate of drug-likeness (QED) is 0.0787. The van der Waals surface area contributed by atoms with Crippen molar-refractivity contribution in [1.82, 2.24) is 31.1 Å². The standard InChI is InChI=1S/C42H64N6O11/c1-7-9-15-34(50)43-20-22-56-24-26-58-27-25-57-23-21-44-39(53)35(29-13-11-10-12-14-29)45-38(52)33-19-18-31-17-16-30(28-49)36(40(54)48(31)33)46-37(51)32(8-2)47(6)41(55)59-42(3,4)5/h1,10-14,30-33,35-36,49H,8-9,15-28H2,2-6H3,(H,43,50)(H,44,53)(H,45,52)(H,46,51). The lowest BCUT2D eigenvalue weighted by molar-refractivity contribution is -0.145. The van der Waals surface area contributed by atoms with Gasteiger partial charge < -0.3 is 50.2 Å². The Morgan fingerprint density at radius 3 is 2.12 bits per heavy atom. The molecule has 2 fully saturated rings. The molecule has 3 rings (SSSR count). The number of nitrogens with one attached hydrogen (secondary N) is 4. The second-order valence-corrected chi connectivity index (χ2v) is 15.5. The number of carbonyl (C=O) groups is 6. The summed E-state index contributed by atoms with van der Waals surface area (Å²) in [7, 11) is 1.46. The molecule has 0 spiro atoms. The Kier molecular flexibility index (Phi) is 20.6. The zero-order valence-corrected chi connectivity index (χ0v) is 35.2. The van der Waals surface area contributed by atoms with E-state index in [1.807, 2.05) is 0 Å². The van der Waals surface area contributed by atoms with Crippen molar-refractivity contribution >= 4 is 35.6 Å². The average molecular weight is 829 g/mol. The summed E-state index contributed by atoms with van der Waals surface area (Å²) in [6, 6.07) is 4.37. The molecule has 6 unspecified atom stereocenters. The highest BCUT2D eigenvalue weighted by Crippen LogP contribution is 2.34. The summed E-state index contributed by atoms with van der Waals surface area (Å²) in [5.41, 5.74) is -0.238. The van der Waals surface area contributed by atoms with Crippen LogP contribution >= 0.6 is 0 Å². The molecule has 6 atom stereocenters. The number of hydrogen-bond acceptors (Lipinski definition) is 11. The highest BCUT2D eigenvalue weighted by atomic mass is 16.6. The van der Waals surface area contributed by atoms with Gasteiger partial charge in [-0.3, -0.25) is 28.9 Å². The molecule has 2 heterocycles. The zero-order valence-electron chi connectivity index (χ0n) is 35.2. The predicted octanol–water partition coefficient (Wildman–Crippen LogP) is 1.43. The van der Waals surface area contributed by atoms with Crippen molar-refractivity contribution in [2.45, 2.75) is 108 Å². The fraction of sp³-hybridized carbons (Fsp3) is 0.667. The number of terminal acetylenes is 1. The third-order valence-corrected chi connectivity index (χ3v) is 10.1. The molecular weight excluding hydrogens is 764 g/mol. The Labute approximate surface area is 347 Å². The normalized spacial score (nSPS) is 19.9. The van der Waals surface area contributed by atoms with Crippen molar-refractivity contribution in [2.24, 2.45) is 5.92 Å². The zero-order chi connectivity index (χ0) is 43.4. The second kappa shape index (κ2) is 25.0. The Morgan fingerprint density at radius 2 is 1.53 bits per heavy atom. The van der Waals surface area contributed by atoms with Gasteiger partial charge in [0, 0.05) is 51.5 Å². The fourth-order valence-electron chi connectivity index (χ4n) is 7.03. The van der Waals surface area contributed by atoms with E-state index in [1.54, 1.807) is 58.0 Å². The topological polar surface area (TPSA) is 214 Å². The maximum atomic E-state index is 14.3. The molecule has 1 aromatic rings. The average Bonchev–Trinajstić information content (AvgIpc) is 3.59. The summed E-state index contributed by atoms with van der Waals surface area (Å²) < 4.78 is 22.0. The van der Waals surface area contributed by atoms with Crippen molar-refractivity contribution in [3.8, 4) is 12.3 Å². The van der Waals surface area contributed by atoms with Crippen LogP contribution in [0.25, 0.3) is 0 Å². The van der Waals surface area contributed by atoms with Crippen LogP contribution in [0.3, 0.4) is 0 Å². The molecule has 1 aromatic carbocycles. The van der Waals surface area contributed by atoms with Gasteiger partial charge in [0.25, 0.3) is 0 Å². The van der Waals surface area contributed by atoms with Gasteiger partial charge in [-0.1, -0.05) is 37.3 Å². The van der Waals surface area contributed by atoms with Gasteiger partial charge >= 0.3 is 6.09 Å². The number of nitrogens with zero attached hydrogens (tertiary/aromatic N) is 2. The smallest absolute Gasteiger partial charge is 0.410 e. The van der Waals surface area contributed by atoms with E-state index in [0.29, 0.717) is 70.6 Å². The predicted molar refractivity (Wildman–Crippen MR) is 217 cm³/mol. The molecule has 2 aliphatic heterocycles. The van der Waals surface area contributed by atoms with E-state index in [9.17, 15) is 33.9 Å². The number of carbonyl (C=O) groups excluding carboxylic acids is 6. The maximum Gasteiger partial charge on any atom is 0.410 e. The third kappa shape index (κ3) is 15.7. The molecule has 59 heavy (non-hydrogen) atoms. The van der Waals surface area contributed by atoms with Crippen LogP contribution in [-0.2, 0) is 42.9 Å². The van der Waals surface area contributed by atoms with Crippen LogP contribution in [0.15, 0.2) is 30.3 Å². The van der Waals surface area contributed by atoms with Crippen LogP contribution < -0.4 is 21.3 Å². The minimum absolute atomic E-state index is 0.115. The molecule has 17 nitrogen and oxygen atoms in total. The maximum absolute atomic E-state index is 14.3. The van der Waals surface area contributed by atoms with Crippen molar-refractivity contribution in [2.75, 3.05) is 66.4 Å². The van der Waals surface area contributed by atoms with Crippen LogP contribution in [0.4, 0.5) is 4.79 Å². The number of rotatable bonds is 23. The number of aliphatic hydroxyl groups is 1. The summed E-state index contributed by atoms with van der Waals surface area (Å²) in [5.74, 6) is -0.368. The minimum Gasteiger partial charge on any atom is -0.444 e. The fourth-order valence-corrected chi connectivity index (χ4v) is 7.03. The van der Waals surface area contributed by atoms with Gasteiger partial charge in [0.2, 0.25) is 29.5 Å². The molecule has 0 saturated carbocycles. The molecule has 0 radical (unpaired) electrons. The lowest BCUT2D eigenvalue weighted by Crippen LogP contribution is -2.59. The van der Waals surface area contributed by atoms with E-state index in [2.05, 4.69) is 27.2 Å². The van der Waals surface area contributed by atoms with Crippen molar-refractivity contribution < 1.29 is 52.8 Å². The molecular formula is C42H64N6O11. The van der Waals surface area contributed by atoms with Gasteiger partial charge in [-0.2, -0.15) is 0 Å². The Balaban J connectivity index is 1.54. The van der Waals surface area contributed by atoms with Gasteiger partial charge in [0.1, 0.15) is 29.8 Å². The monoisotopic (exact) mass is 828 g/mol. The number of amides is 6. The molecule has 0 bridgehead atoms. The number of likely N-dealkylation sites (N-methyl/N-ethyl adjacent to an activating group) is 1. The number of ether oxygens (including phenoxy) is 4. The van der Waals surface area contributed by atoms with Crippen molar-refractivity contribution in [3.63, 3.8) is 0 Å². The van der Waals surface area contributed by atoms with Gasteiger partial charge in [-0.25, -0.2) is 4.79 Å². The van der Waals surface area contributed by atoms with Crippen LogP contribution in [0, 0.1) is 18.3 Å². The number of aliphatic hydroxyl groups excluding tert-OH is 1. The van der Waals surface area contributed by atoms with Crippen molar-refractivity contribution in [3.05, 3.63) is 35.9 Å². The van der Waals surface area contributed by atoms with Crippen LogP contribution in [0.5, 0.6) is 0 Å². The van der Waals surface area contributed by atoms with E-state index >= 15 is 0 Å². The summed E-state index contributed by atoms with van der Waals surface area (Å²) in [6.45, 7) is 8.92. The third-order valence-electron chi connectivity index (χ3n) is 10.1. The van der Waals surface area contributed by atoms with Gasteiger partial charge in [0.15, 0.2) is 0 Å². The summed E-state index contributed by atoms with van der Waals surface area (Å²) >= 11 is 0. The summed E-state index contributed by atoms with van der Waals surface area (Å²) in [5, 5.41) is 21.5. The van der Waals surface area contributed by atoms with Gasteiger partial charge in [-0.05, 0) is 58.4 Å². The highest BCUT2D eigenvalue weighted by molar-refractivity contribution is 5.96. The number of fused-ring (bicyclic) bond motifs is 1. The summed E-state index contributed by atoms with van der Waals surface area (Å²) in [6.07, 6.45) is 7.20. The van der Waals surface area contributed by atoms with Crippen LogP contribution in [0.2, 0.25) is 0 Å². The Bertz CT molecular complexity index is 1570. The first-order valence-electron chi connectivity index (χ1n) is 20.5. The molecule has 17 heteroatoms. The largest absolute Gasteiger partial charge is 0.444 e. The van der Waals surface area contributed by atoms with Gasteiger partial charge in [-0.15, -0.1) is 12.3 Å². The SMILES string of the molecule is C#CCCC(=O)NCCOCCOCCOCCNC(=O)C(NC(=O)C1CCC2CCC(CO)C(NC(=O)C(CC)N(C)C(=O)OC(C)(C)C)C(=O)N21)c1ccccc1. The van der Waals surface area contributed by atoms with E-state index < -0.39 is 65.4 Å². The number of hydrogen-bond donors (Lipinski definition) is 5. The Morgan fingerprint density at radius 1 is 0.915 bits per heavy atom. The molecule has 328 valence electrons. The van der Waals surface area contributed by atoms with Crippen LogP contribution in [0.1, 0.15) is 84.2 Å². The molecule has 5 N–H and O–H groups in total. The van der Waals surface area contributed by atoms with Crippen LogP contribution in [-0.4, -0.2) is 147 Å². The van der Waals surface area contributed by atoms with Crippen molar-refractivity contribution in [1.29, 1.82) is 0 Å². The molecule has 0 aliphatic carbocycles. The van der Waals surface area contributed by atoms with E-state index in [1.165, 1.54) is 16.8 Å². The molecule has 2 saturated heterocycles. The lowest BCUT2D eigenvalue weighted by atomic mass is 9.93. The first-order valence-corrected chi connectivity index (χ1v) is 20.5. The first kappa shape index (κ1) is 48.6. The van der Waals surface area contributed by atoms with E-state index in [0.717, 1.165) is 0 Å². The molecule has 2 aliphatic rings. The summed E-state index contributed by atoms with van der Waals surface area (Å²) in [4.78, 5) is 82.6. The number of benzene rings is 1. The highest BCUT2D eigenvalue weighted by Gasteiger charge is 2.48. The first-order chi connectivity index (χ1) is 28.2. The Hall–Kier alpha value is -4.76. The molecule has 0 aromatic heterocycles. The van der Waals surface area contributed by atoms with Gasteiger partial charge in [0.05, 0.1) is 39.6 Å². The second-order valence-electron chi connectivity index (χ2n) is 15.5. The lowest BCUT2D eigenvalue weighted by Gasteiger charge is -2.34.